The summed E-state index contributed by atoms with van der Waals surface area (Å²) in [5, 5.41) is 0. The molecule has 0 fully saturated rings. The topological polar surface area (TPSA) is 37.4 Å². The van der Waals surface area contributed by atoms with Crippen LogP contribution in [-0.2, 0) is 9.59 Å². The Kier molecular flexibility index (Phi) is 4.47. The highest BCUT2D eigenvalue weighted by molar-refractivity contribution is 6.03. The van der Waals surface area contributed by atoms with Crippen molar-refractivity contribution in [1.29, 1.82) is 0 Å². The number of ketones is 1. The Hall–Kier alpha value is -0.930. The van der Waals surface area contributed by atoms with Gasteiger partial charge in [0.15, 0.2) is 5.78 Å². The molecule has 0 saturated heterocycles. The molecular formula is C8H14FNO2. The summed E-state index contributed by atoms with van der Waals surface area (Å²) in [6, 6.07) is 0. The average Bonchev–Trinajstić information content (AvgIpc) is 2.05. The summed E-state index contributed by atoms with van der Waals surface area (Å²) in [7, 11) is 0. The minimum absolute atomic E-state index is 0.434. The second kappa shape index (κ2) is 4.85. The Morgan fingerprint density at radius 1 is 1.33 bits per heavy atom. The van der Waals surface area contributed by atoms with Crippen LogP contribution in [-0.4, -0.2) is 35.9 Å². The maximum Gasteiger partial charge on any atom is 0.264 e. The van der Waals surface area contributed by atoms with Gasteiger partial charge in [0.05, 0.1) is 0 Å². The lowest BCUT2D eigenvalue weighted by atomic mass is 10.2. The Bertz CT molecular complexity index is 178. The molecule has 0 saturated carbocycles. The first-order chi connectivity index (χ1) is 5.54. The zero-order valence-electron chi connectivity index (χ0n) is 7.63. The first-order valence-electron chi connectivity index (χ1n) is 3.97. The molecule has 0 bridgehead atoms. The number of alkyl halides is 1. The molecule has 12 heavy (non-hydrogen) atoms. The average molecular weight is 175 g/mol. The van der Waals surface area contributed by atoms with E-state index in [4.69, 9.17) is 0 Å². The molecule has 4 heteroatoms. The summed E-state index contributed by atoms with van der Waals surface area (Å²) in [4.78, 5) is 22.9. The van der Waals surface area contributed by atoms with Crippen LogP contribution < -0.4 is 0 Å². The molecule has 0 N–H and O–H groups in total. The molecule has 0 rings (SSSR count). The van der Waals surface area contributed by atoms with Gasteiger partial charge in [-0.25, -0.2) is 4.39 Å². The van der Waals surface area contributed by atoms with Crippen LogP contribution in [0.2, 0.25) is 0 Å². The zero-order chi connectivity index (χ0) is 9.72. The number of nitrogens with zero attached hydrogens (tertiary/aromatic N) is 1. The lowest BCUT2D eigenvalue weighted by molar-refractivity contribution is -0.141. The third-order valence-electron chi connectivity index (χ3n) is 1.65. The fraction of sp³-hybridized carbons (Fsp3) is 0.750. The van der Waals surface area contributed by atoms with E-state index < -0.39 is 17.9 Å². The van der Waals surface area contributed by atoms with Gasteiger partial charge in [-0.15, -0.1) is 0 Å². The summed E-state index contributed by atoms with van der Waals surface area (Å²) >= 11 is 0. The third-order valence-corrected chi connectivity index (χ3v) is 1.65. The molecule has 0 radical (unpaired) electrons. The van der Waals surface area contributed by atoms with Crippen molar-refractivity contribution in [1.82, 2.24) is 4.90 Å². The predicted molar refractivity (Wildman–Crippen MR) is 43.5 cm³/mol. The summed E-state index contributed by atoms with van der Waals surface area (Å²) < 4.78 is 12.8. The SMILES string of the molecule is CCN(CC)C(=O)C(F)C(C)=O. The van der Waals surface area contributed by atoms with Crippen molar-refractivity contribution < 1.29 is 14.0 Å². The minimum Gasteiger partial charge on any atom is -0.340 e. The number of hydrogen-bond donors (Lipinski definition) is 0. The van der Waals surface area contributed by atoms with Gasteiger partial charge in [0, 0.05) is 13.1 Å². The third kappa shape index (κ3) is 2.60. The summed E-state index contributed by atoms with van der Waals surface area (Å²) in [6.45, 7) is 5.43. The van der Waals surface area contributed by atoms with Crippen molar-refractivity contribution in [3.8, 4) is 0 Å². The van der Waals surface area contributed by atoms with E-state index >= 15 is 0 Å². The van der Waals surface area contributed by atoms with Crippen molar-refractivity contribution in [2.75, 3.05) is 13.1 Å². The quantitative estimate of drug-likeness (QED) is 0.592. The van der Waals surface area contributed by atoms with Gasteiger partial charge in [-0.05, 0) is 20.8 Å². The monoisotopic (exact) mass is 175 g/mol. The number of Topliss-reactive ketones (excluding diaryl/α,β-unsaturated/α-hetero) is 1. The van der Waals surface area contributed by atoms with Crippen LogP contribution in [0.3, 0.4) is 0 Å². The van der Waals surface area contributed by atoms with Crippen LogP contribution in [0.25, 0.3) is 0 Å². The normalized spacial score (nSPS) is 12.3. The zero-order valence-corrected chi connectivity index (χ0v) is 7.63. The molecule has 0 aliphatic carbocycles. The molecule has 1 atom stereocenters. The van der Waals surface area contributed by atoms with Crippen LogP contribution in [0.15, 0.2) is 0 Å². The van der Waals surface area contributed by atoms with Gasteiger partial charge in [0.1, 0.15) is 0 Å². The maximum atomic E-state index is 12.8. The number of carbonyl (C=O) groups is 2. The van der Waals surface area contributed by atoms with Gasteiger partial charge in [-0.3, -0.25) is 9.59 Å². The maximum absolute atomic E-state index is 12.8. The fourth-order valence-corrected chi connectivity index (χ4v) is 0.869. The highest BCUT2D eigenvalue weighted by Crippen LogP contribution is 2.00. The number of rotatable bonds is 4. The molecule has 0 aromatic rings. The molecule has 0 aromatic heterocycles. The van der Waals surface area contributed by atoms with Crippen LogP contribution >= 0.6 is 0 Å². The molecule has 3 nitrogen and oxygen atoms in total. The lowest BCUT2D eigenvalue weighted by Gasteiger charge is -2.19. The molecule has 0 spiro atoms. The highest BCUT2D eigenvalue weighted by atomic mass is 19.1. The summed E-state index contributed by atoms with van der Waals surface area (Å²) in [5.41, 5.74) is 0. The first-order valence-corrected chi connectivity index (χ1v) is 3.97. The van der Waals surface area contributed by atoms with E-state index in [1.165, 1.54) is 4.90 Å². The first kappa shape index (κ1) is 11.1. The minimum atomic E-state index is -1.98. The van der Waals surface area contributed by atoms with Crippen molar-refractivity contribution in [3.63, 3.8) is 0 Å². The molecule has 0 aliphatic heterocycles. The van der Waals surface area contributed by atoms with E-state index in [0.717, 1.165) is 6.92 Å². The van der Waals surface area contributed by atoms with Crippen molar-refractivity contribution >= 4 is 11.7 Å². The standard InChI is InChI=1S/C8H14FNO2/c1-4-10(5-2)8(12)7(9)6(3)11/h7H,4-5H2,1-3H3. The van der Waals surface area contributed by atoms with Crippen molar-refractivity contribution in [3.05, 3.63) is 0 Å². The smallest absolute Gasteiger partial charge is 0.264 e. The Balaban J connectivity index is 4.25. The summed E-state index contributed by atoms with van der Waals surface area (Å²) in [6.07, 6.45) is -1.98. The molecule has 0 heterocycles. The molecule has 1 amide bonds. The number of hydrogen-bond acceptors (Lipinski definition) is 2. The fourth-order valence-electron chi connectivity index (χ4n) is 0.869. The molecule has 1 unspecified atom stereocenters. The van der Waals surface area contributed by atoms with Gasteiger partial charge in [0.2, 0.25) is 6.17 Å². The summed E-state index contributed by atoms with van der Waals surface area (Å²) in [5.74, 6) is -1.46. The van der Waals surface area contributed by atoms with Gasteiger partial charge in [-0.1, -0.05) is 0 Å². The molecule has 0 aliphatic rings. The van der Waals surface area contributed by atoms with Crippen molar-refractivity contribution in [2.45, 2.75) is 26.9 Å². The van der Waals surface area contributed by atoms with Crippen LogP contribution in [0.5, 0.6) is 0 Å². The van der Waals surface area contributed by atoms with E-state index in [1.54, 1.807) is 13.8 Å². The molecule has 70 valence electrons. The Morgan fingerprint density at radius 2 is 1.75 bits per heavy atom. The van der Waals surface area contributed by atoms with Gasteiger partial charge in [0.25, 0.3) is 5.91 Å². The lowest BCUT2D eigenvalue weighted by Crippen LogP contribution is -2.39. The number of halogens is 1. The second-order valence-corrected chi connectivity index (χ2v) is 2.48. The van der Waals surface area contributed by atoms with E-state index in [9.17, 15) is 14.0 Å². The number of amides is 1. The van der Waals surface area contributed by atoms with Crippen LogP contribution in [0, 0.1) is 0 Å². The Morgan fingerprint density at radius 3 is 2.00 bits per heavy atom. The van der Waals surface area contributed by atoms with E-state index in [2.05, 4.69) is 0 Å². The van der Waals surface area contributed by atoms with E-state index in [-0.39, 0.29) is 0 Å². The molecule has 0 aromatic carbocycles. The van der Waals surface area contributed by atoms with Crippen molar-refractivity contribution in [2.24, 2.45) is 0 Å². The van der Waals surface area contributed by atoms with E-state index in [1.807, 2.05) is 0 Å². The van der Waals surface area contributed by atoms with E-state index in [0.29, 0.717) is 13.1 Å². The number of carbonyl (C=O) groups excluding carboxylic acids is 2. The van der Waals surface area contributed by atoms with Gasteiger partial charge in [-0.2, -0.15) is 0 Å². The highest BCUT2D eigenvalue weighted by Gasteiger charge is 2.25. The van der Waals surface area contributed by atoms with Gasteiger partial charge >= 0.3 is 0 Å². The largest absolute Gasteiger partial charge is 0.340 e. The van der Waals surface area contributed by atoms with Gasteiger partial charge < -0.3 is 4.90 Å². The molecular weight excluding hydrogens is 161 g/mol. The second-order valence-electron chi connectivity index (χ2n) is 2.48. The van der Waals surface area contributed by atoms with Crippen LogP contribution in [0.1, 0.15) is 20.8 Å². The van der Waals surface area contributed by atoms with Crippen LogP contribution in [0.4, 0.5) is 4.39 Å². The predicted octanol–water partition coefficient (Wildman–Crippen LogP) is 0.782. The Labute approximate surface area is 71.5 Å².